The fourth-order valence-corrected chi connectivity index (χ4v) is 3.61. The first-order chi connectivity index (χ1) is 12.6. The molecule has 0 atom stereocenters. The summed E-state index contributed by atoms with van der Waals surface area (Å²) in [5, 5.41) is 1.42. The van der Waals surface area contributed by atoms with Crippen LogP contribution in [0.25, 0.3) is 20.2 Å². The van der Waals surface area contributed by atoms with Crippen LogP contribution in [0.3, 0.4) is 0 Å². The SMILES string of the molecule is C=C(C)C(=O)OCCCCOc1ccc2sc3ccccc3c(=O)c2c1. The second-order valence-corrected chi connectivity index (χ2v) is 7.14. The van der Waals surface area contributed by atoms with Crippen molar-refractivity contribution >= 4 is 37.5 Å². The van der Waals surface area contributed by atoms with Gasteiger partial charge in [-0.25, -0.2) is 4.79 Å². The number of fused-ring (bicyclic) bond motifs is 2. The van der Waals surface area contributed by atoms with Crippen LogP contribution in [0.5, 0.6) is 5.75 Å². The van der Waals surface area contributed by atoms with Crippen molar-refractivity contribution < 1.29 is 14.3 Å². The van der Waals surface area contributed by atoms with Crippen molar-refractivity contribution in [1.82, 2.24) is 0 Å². The fraction of sp³-hybridized carbons (Fsp3) is 0.238. The lowest BCUT2D eigenvalue weighted by Gasteiger charge is -2.08. The average Bonchev–Trinajstić information content (AvgIpc) is 2.65. The van der Waals surface area contributed by atoms with Crippen molar-refractivity contribution in [2.75, 3.05) is 13.2 Å². The Hall–Kier alpha value is -2.66. The molecule has 0 unspecified atom stereocenters. The maximum absolute atomic E-state index is 12.7. The minimum Gasteiger partial charge on any atom is -0.494 e. The van der Waals surface area contributed by atoms with Crippen molar-refractivity contribution in [2.24, 2.45) is 0 Å². The third-order valence-electron chi connectivity index (χ3n) is 3.94. The van der Waals surface area contributed by atoms with Gasteiger partial charge in [-0.15, -0.1) is 11.3 Å². The molecular weight excluding hydrogens is 348 g/mol. The van der Waals surface area contributed by atoms with Crippen LogP contribution >= 0.6 is 11.3 Å². The topological polar surface area (TPSA) is 52.6 Å². The van der Waals surface area contributed by atoms with Crippen LogP contribution < -0.4 is 10.2 Å². The zero-order valence-electron chi connectivity index (χ0n) is 14.6. The van der Waals surface area contributed by atoms with Gasteiger partial charge in [0.05, 0.1) is 13.2 Å². The van der Waals surface area contributed by atoms with Crippen LogP contribution in [0, 0.1) is 0 Å². The van der Waals surface area contributed by atoms with Crippen molar-refractivity contribution in [3.8, 4) is 5.75 Å². The molecule has 26 heavy (non-hydrogen) atoms. The summed E-state index contributed by atoms with van der Waals surface area (Å²) in [4.78, 5) is 23.9. The van der Waals surface area contributed by atoms with Crippen molar-refractivity contribution in [3.63, 3.8) is 0 Å². The summed E-state index contributed by atoms with van der Waals surface area (Å²) in [7, 11) is 0. The minimum atomic E-state index is -0.364. The fourth-order valence-electron chi connectivity index (χ4n) is 2.55. The number of hydrogen-bond donors (Lipinski definition) is 0. The van der Waals surface area contributed by atoms with E-state index in [1.54, 1.807) is 18.3 Å². The van der Waals surface area contributed by atoms with E-state index < -0.39 is 0 Å². The van der Waals surface area contributed by atoms with Gasteiger partial charge >= 0.3 is 5.97 Å². The minimum absolute atomic E-state index is 0.0338. The molecule has 1 aromatic heterocycles. The predicted molar refractivity (Wildman–Crippen MR) is 106 cm³/mol. The first kappa shape index (κ1) is 18.1. The zero-order valence-corrected chi connectivity index (χ0v) is 15.4. The third-order valence-corrected chi connectivity index (χ3v) is 5.09. The molecule has 0 saturated heterocycles. The number of unbranched alkanes of at least 4 members (excludes halogenated alkanes) is 1. The molecule has 0 aliphatic heterocycles. The van der Waals surface area contributed by atoms with Crippen molar-refractivity contribution in [1.29, 1.82) is 0 Å². The highest BCUT2D eigenvalue weighted by Crippen LogP contribution is 2.27. The van der Waals surface area contributed by atoms with Gasteiger partial charge < -0.3 is 9.47 Å². The Labute approximate surface area is 155 Å². The molecule has 0 aliphatic rings. The maximum Gasteiger partial charge on any atom is 0.333 e. The Balaban J connectivity index is 1.62. The van der Waals surface area contributed by atoms with E-state index in [0.29, 0.717) is 36.3 Å². The van der Waals surface area contributed by atoms with Crippen LogP contribution in [0.4, 0.5) is 0 Å². The number of benzene rings is 2. The van der Waals surface area contributed by atoms with Gasteiger partial charge in [0.1, 0.15) is 5.75 Å². The van der Waals surface area contributed by atoms with Gasteiger partial charge in [0.25, 0.3) is 0 Å². The van der Waals surface area contributed by atoms with E-state index in [1.165, 1.54) is 0 Å². The predicted octanol–water partition coefficient (Wildman–Crippen LogP) is 4.69. The molecule has 5 heteroatoms. The molecule has 0 spiro atoms. The molecule has 1 heterocycles. The van der Waals surface area contributed by atoms with E-state index in [9.17, 15) is 9.59 Å². The molecule has 0 fully saturated rings. The normalized spacial score (nSPS) is 10.8. The highest BCUT2D eigenvalue weighted by atomic mass is 32.1. The van der Waals surface area contributed by atoms with Gasteiger partial charge in [-0.3, -0.25) is 4.79 Å². The number of rotatable bonds is 7. The lowest BCUT2D eigenvalue weighted by molar-refractivity contribution is -0.139. The third kappa shape index (κ3) is 4.11. The van der Waals surface area contributed by atoms with Gasteiger partial charge in [0, 0.05) is 25.7 Å². The second-order valence-electron chi connectivity index (χ2n) is 6.06. The highest BCUT2D eigenvalue weighted by Gasteiger charge is 2.07. The molecule has 0 aliphatic carbocycles. The quantitative estimate of drug-likeness (QED) is 0.263. The summed E-state index contributed by atoms with van der Waals surface area (Å²) >= 11 is 1.60. The number of carbonyl (C=O) groups is 1. The average molecular weight is 368 g/mol. The summed E-state index contributed by atoms with van der Waals surface area (Å²) in [5.74, 6) is 0.313. The van der Waals surface area contributed by atoms with E-state index in [4.69, 9.17) is 9.47 Å². The highest BCUT2D eigenvalue weighted by molar-refractivity contribution is 7.24. The van der Waals surface area contributed by atoms with E-state index in [-0.39, 0.29) is 11.4 Å². The number of hydrogen-bond acceptors (Lipinski definition) is 5. The zero-order chi connectivity index (χ0) is 18.5. The summed E-state index contributed by atoms with van der Waals surface area (Å²) in [6.45, 7) is 6.01. The summed E-state index contributed by atoms with van der Waals surface area (Å²) < 4.78 is 12.7. The van der Waals surface area contributed by atoms with Gasteiger partial charge in [-0.1, -0.05) is 18.7 Å². The molecule has 2 aromatic carbocycles. The number of carbonyl (C=O) groups excluding carboxylic acids is 1. The summed E-state index contributed by atoms with van der Waals surface area (Å²) in [6.07, 6.45) is 1.47. The van der Waals surface area contributed by atoms with Gasteiger partial charge in [0.2, 0.25) is 0 Å². The van der Waals surface area contributed by atoms with Crippen LogP contribution in [-0.2, 0) is 9.53 Å². The molecule has 0 radical (unpaired) electrons. The lowest BCUT2D eigenvalue weighted by atomic mass is 10.2. The largest absolute Gasteiger partial charge is 0.494 e. The molecule has 0 N–H and O–H groups in total. The molecule has 3 aromatic rings. The molecule has 0 bridgehead atoms. The first-order valence-electron chi connectivity index (χ1n) is 8.47. The van der Waals surface area contributed by atoms with Gasteiger partial charge in [0.15, 0.2) is 5.43 Å². The Kier molecular flexibility index (Phi) is 5.68. The Morgan fingerprint density at radius 1 is 1.04 bits per heavy atom. The first-order valence-corrected chi connectivity index (χ1v) is 9.29. The molecule has 3 rings (SSSR count). The Morgan fingerprint density at radius 2 is 1.77 bits per heavy atom. The van der Waals surface area contributed by atoms with Crippen LogP contribution in [0.2, 0.25) is 0 Å². The van der Waals surface area contributed by atoms with Crippen LogP contribution in [0.15, 0.2) is 59.4 Å². The van der Waals surface area contributed by atoms with E-state index in [1.807, 2.05) is 42.5 Å². The van der Waals surface area contributed by atoms with Gasteiger partial charge in [-0.2, -0.15) is 0 Å². The van der Waals surface area contributed by atoms with Gasteiger partial charge in [-0.05, 0) is 50.1 Å². The number of esters is 1. The molecule has 134 valence electrons. The van der Waals surface area contributed by atoms with E-state index >= 15 is 0 Å². The molecule has 0 saturated carbocycles. The van der Waals surface area contributed by atoms with E-state index in [2.05, 4.69) is 6.58 Å². The Morgan fingerprint density at radius 3 is 2.58 bits per heavy atom. The summed E-state index contributed by atoms with van der Waals surface area (Å²) in [5.41, 5.74) is 0.436. The molecule has 4 nitrogen and oxygen atoms in total. The monoisotopic (exact) mass is 368 g/mol. The second kappa shape index (κ2) is 8.15. The summed E-state index contributed by atoms with van der Waals surface area (Å²) in [6, 6.07) is 13.3. The number of ether oxygens (including phenoxy) is 2. The van der Waals surface area contributed by atoms with E-state index in [0.717, 1.165) is 21.2 Å². The van der Waals surface area contributed by atoms with Crippen molar-refractivity contribution in [2.45, 2.75) is 19.8 Å². The molecular formula is C21H20O4S. The lowest BCUT2D eigenvalue weighted by Crippen LogP contribution is -2.07. The molecule has 0 amide bonds. The maximum atomic E-state index is 12.7. The van der Waals surface area contributed by atoms with Crippen LogP contribution in [-0.4, -0.2) is 19.2 Å². The standard InChI is InChI=1S/C21H20O4S/c1-14(2)21(23)25-12-6-5-11-24-15-9-10-19-17(13-15)20(22)16-7-3-4-8-18(16)26-19/h3-4,7-10,13H,1,5-6,11-12H2,2H3. The smallest absolute Gasteiger partial charge is 0.333 e. The van der Waals surface area contributed by atoms with Crippen LogP contribution in [0.1, 0.15) is 19.8 Å². The van der Waals surface area contributed by atoms with Crippen molar-refractivity contribution in [3.05, 3.63) is 64.8 Å². The Bertz CT molecular complexity index is 1020.